The molecule has 2 N–H and O–H groups in total. The Balaban J connectivity index is 0. The fraction of sp³-hybridized carbons (Fsp3) is 0.412. The number of carbonyl (C=O) groups is 2. The summed E-state index contributed by atoms with van der Waals surface area (Å²) < 4.78 is 0. The van der Waals surface area contributed by atoms with Gasteiger partial charge in [0.2, 0.25) is 5.91 Å². The van der Waals surface area contributed by atoms with Gasteiger partial charge in [-0.25, -0.2) is 0 Å². The van der Waals surface area contributed by atoms with E-state index in [1.54, 1.807) is 6.92 Å². The van der Waals surface area contributed by atoms with E-state index in [0.717, 1.165) is 5.56 Å². The van der Waals surface area contributed by atoms with Gasteiger partial charge >= 0.3 is 0 Å². The van der Waals surface area contributed by atoms with Crippen molar-refractivity contribution >= 4 is 17.8 Å². The fourth-order valence-corrected chi connectivity index (χ4v) is 1.31. The van der Waals surface area contributed by atoms with Crippen LogP contribution < -0.4 is 5.73 Å². The van der Waals surface area contributed by atoms with Crippen molar-refractivity contribution in [3.63, 3.8) is 0 Å². The summed E-state index contributed by atoms with van der Waals surface area (Å²) in [4.78, 5) is 22.1. The van der Waals surface area contributed by atoms with Gasteiger partial charge in [-0.3, -0.25) is 9.59 Å². The molecule has 1 aromatic carbocycles. The summed E-state index contributed by atoms with van der Waals surface area (Å²) >= 11 is 0. The van der Waals surface area contributed by atoms with E-state index in [1.165, 1.54) is 0 Å². The monoisotopic (exact) mass is 277 g/mol. The van der Waals surface area contributed by atoms with Gasteiger partial charge in [0, 0.05) is 12.8 Å². The van der Waals surface area contributed by atoms with Crippen molar-refractivity contribution in [3.8, 4) is 0 Å². The van der Waals surface area contributed by atoms with E-state index >= 15 is 0 Å². The number of hydrogen-bond acceptors (Lipinski definition) is 2. The van der Waals surface area contributed by atoms with Crippen LogP contribution >= 0.6 is 0 Å². The van der Waals surface area contributed by atoms with Crippen molar-refractivity contribution in [2.24, 2.45) is 5.73 Å². The summed E-state index contributed by atoms with van der Waals surface area (Å²) in [7, 11) is 0. The lowest BCUT2D eigenvalue weighted by molar-refractivity contribution is -0.121. The molecule has 0 heterocycles. The van der Waals surface area contributed by atoms with Gasteiger partial charge in [-0.1, -0.05) is 58.0 Å². The molecule has 1 amide bonds. The van der Waals surface area contributed by atoms with Crippen LogP contribution in [0.3, 0.4) is 0 Å². The Hall–Kier alpha value is -1.90. The molecule has 0 unspecified atom stereocenters. The number of allylic oxidation sites excluding steroid dienone is 1. The summed E-state index contributed by atoms with van der Waals surface area (Å²) in [6.07, 6.45) is 2.10. The highest BCUT2D eigenvalue weighted by molar-refractivity contribution is 6.00. The third-order valence-electron chi connectivity index (χ3n) is 2.22. The maximum atomic E-state index is 11.6. The van der Waals surface area contributed by atoms with Gasteiger partial charge in [0.1, 0.15) is 0 Å². The Bertz CT molecular complexity index is 408. The number of amides is 1. The van der Waals surface area contributed by atoms with E-state index in [9.17, 15) is 9.59 Å². The van der Waals surface area contributed by atoms with Crippen molar-refractivity contribution < 1.29 is 9.59 Å². The summed E-state index contributed by atoms with van der Waals surface area (Å²) in [6.45, 7) is 9.75. The van der Waals surface area contributed by atoms with Crippen molar-refractivity contribution in [2.75, 3.05) is 0 Å². The molecule has 1 aromatic rings. The summed E-state index contributed by atoms with van der Waals surface area (Å²) in [5.41, 5.74) is 6.61. The van der Waals surface area contributed by atoms with Gasteiger partial charge in [-0.15, -0.1) is 0 Å². The highest BCUT2D eigenvalue weighted by atomic mass is 16.1. The molecule has 112 valence electrons. The van der Waals surface area contributed by atoms with Crippen LogP contribution in [0, 0.1) is 0 Å². The van der Waals surface area contributed by atoms with Crippen LogP contribution in [0.2, 0.25) is 0 Å². The molecule has 0 atom stereocenters. The van der Waals surface area contributed by atoms with Gasteiger partial charge < -0.3 is 5.73 Å². The second-order valence-electron chi connectivity index (χ2n) is 3.63. The first-order valence-electron chi connectivity index (χ1n) is 7.14. The quantitative estimate of drug-likeness (QED) is 0.828. The SMILES string of the molecule is C/C(=C\c1ccccc1)C(=O)CCC(N)=O.CC.CC. The fourth-order valence-electron chi connectivity index (χ4n) is 1.31. The zero-order chi connectivity index (χ0) is 16.0. The van der Waals surface area contributed by atoms with E-state index in [2.05, 4.69) is 0 Å². The lowest BCUT2D eigenvalue weighted by atomic mass is 10.1. The van der Waals surface area contributed by atoms with Crippen molar-refractivity contribution in [1.82, 2.24) is 0 Å². The summed E-state index contributed by atoms with van der Waals surface area (Å²) in [6, 6.07) is 9.58. The van der Waals surface area contributed by atoms with Gasteiger partial charge in [0.05, 0.1) is 0 Å². The van der Waals surface area contributed by atoms with Crippen LogP contribution in [0.4, 0.5) is 0 Å². The van der Waals surface area contributed by atoms with Crippen LogP contribution in [0.1, 0.15) is 53.0 Å². The molecule has 0 aliphatic carbocycles. The topological polar surface area (TPSA) is 60.2 Å². The second kappa shape index (κ2) is 13.5. The standard InChI is InChI=1S/C13H15NO2.2C2H6/c1-10(12(15)7-8-13(14)16)9-11-5-3-2-4-6-11;2*1-2/h2-6,9H,7-8H2,1H3,(H2,14,16);2*1-2H3/b10-9+;;. The third kappa shape index (κ3) is 10.1. The lowest BCUT2D eigenvalue weighted by Gasteiger charge is -1.99. The van der Waals surface area contributed by atoms with E-state index in [4.69, 9.17) is 5.73 Å². The zero-order valence-electron chi connectivity index (χ0n) is 13.3. The minimum atomic E-state index is -0.444. The second-order valence-corrected chi connectivity index (χ2v) is 3.63. The van der Waals surface area contributed by atoms with E-state index in [0.29, 0.717) is 5.57 Å². The predicted octanol–water partition coefficient (Wildman–Crippen LogP) is 3.98. The first kappa shape index (κ1) is 20.4. The molecule has 0 fully saturated rings. The van der Waals surface area contributed by atoms with Crippen LogP contribution in [0.15, 0.2) is 35.9 Å². The molecule has 0 spiro atoms. The molecule has 1 rings (SSSR count). The van der Waals surface area contributed by atoms with Gasteiger partial charge in [-0.05, 0) is 24.1 Å². The van der Waals surface area contributed by atoms with E-state index < -0.39 is 5.91 Å². The number of primary amides is 1. The average Bonchev–Trinajstić information content (AvgIpc) is 2.49. The van der Waals surface area contributed by atoms with Gasteiger partial charge in [0.15, 0.2) is 5.78 Å². The molecule has 3 nitrogen and oxygen atoms in total. The Morgan fingerprint density at radius 3 is 1.95 bits per heavy atom. The molecular weight excluding hydrogens is 250 g/mol. The minimum absolute atomic E-state index is 0.0392. The number of Topliss-reactive ketones (excluding diaryl/α,β-unsaturated/α-hetero) is 1. The normalized spacial score (nSPS) is 9.55. The third-order valence-corrected chi connectivity index (χ3v) is 2.22. The Morgan fingerprint density at radius 2 is 1.50 bits per heavy atom. The number of nitrogens with two attached hydrogens (primary N) is 1. The largest absolute Gasteiger partial charge is 0.370 e. The summed E-state index contributed by atoms with van der Waals surface area (Å²) in [5, 5.41) is 0. The Kier molecular flexibility index (Phi) is 13.8. The molecule has 0 aromatic heterocycles. The summed E-state index contributed by atoms with van der Waals surface area (Å²) in [5.74, 6) is -0.483. The average molecular weight is 277 g/mol. The Morgan fingerprint density at radius 1 is 1.00 bits per heavy atom. The molecule has 0 saturated carbocycles. The Labute approximate surface area is 122 Å². The molecule has 0 aliphatic rings. The molecule has 0 bridgehead atoms. The lowest BCUT2D eigenvalue weighted by Crippen LogP contribution is -2.12. The predicted molar refractivity (Wildman–Crippen MR) is 86.2 cm³/mol. The maximum absolute atomic E-state index is 11.6. The highest BCUT2D eigenvalue weighted by Gasteiger charge is 2.06. The van der Waals surface area contributed by atoms with E-state index in [1.807, 2.05) is 64.1 Å². The molecule has 0 saturated heterocycles. The molecular formula is C17H27NO2. The number of ketones is 1. The number of hydrogen-bond donors (Lipinski definition) is 1. The zero-order valence-corrected chi connectivity index (χ0v) is 13.3. The van der Waals surface area contributed by atoms with Crippen LogP contribution in [0.5, 0.6) is 0 Å². The van der Waals surface area contributed by atoms with E-state index in [-0.39, 0.29) is 18.6 Å². The van der Waals surface area contributed by atoms with Crippen molar-refractivity contribution in [1.29, 1.82) is 0 Å². The first-order chi connectivity index (χ1) is 9.59. The van der Waals surface area contributed by atoms with Crippen molar-refractivity contribution in [2.45, 2.75) is 47.5 Å². The van der Waals surface area contributed by atoms with Crippen LogP contribution in [-0.4, -0.2) is 11.7 Å². The van der Waals surface area contributed by atoms with Crippen LogP contribution in [-0.2, 0) is 9.59 Å². The highest BCUT2D eigenvalue weighted by Crippen LogP contribution is 2.09. The maximum Gasteiger partial charge on any atom is 0.217 e. The molecule has 20 heavy (non-hydrogen) atoms. The van der Waals surface area contributed by atoms with Crippen molar-refractivity contribution in [3.05, 3.63) is 41.5 Å². The first-order valence-corrected chi connectivity index (χ1v) is 7.14. The molecule has 0 aliphatic heterocycles. The van der Waals surface area contributed by atoms with Crippen LogP contribution in [0.25, 0.3) is 6.08 Å². The number of benzene rings is 1. The molecule has 3 heteroatoms. The molecule has 0 radical (unpaired) electrons. The number of carbonyl (C=O) groups excluding carboxylic acids is 2. The van der Waals surface area contributed by atoms with Gasteiger partial charge in [-0.2, -0.15) is 0 Å². The minimum Gasteiger partial charge on any atom is -0.370 e. The van der Waals surface area contributed by atoms with Gasteiger partial charge in [0.25, 0.3) is 0 Å². The smallest absolute Gasteiger partial charge is 0.217 e. The number of rotatable bonds is 5.